The van der Waals surface area contributed by atoms with Gasteiger partial charge in [-0.15, -0.1) is 22.7 Å². The molecule has 5 nitrogen and oxygen atoms in total. The fourth-order valence-electron chi connectivity index (χ4n) is 3.35. The van der Waals surface area contributed by atoms with Crippen LogP contribution in [0.2, 0.25) is 0 Å². The predicted octanol–water partition coefficient (Wildman–Crippen LogP) is 7.54. The van der Waals surface area contributed by atoms with Crippen molar-refractivity contribution in [1.29, 1.82) is 0 Å². The molecule has 33 heavy (non-hydrogen) atoms. The van der Waals surface area contributed by atoms with Gasteiger partial charge in [0.2, 0.25) is 0 Å². The van der Waals surface area contributed by atoms with Crippen molar-refractivity contribution in [1.82, 2.24) is 15.0 Å². The minimum Gasteiger partial charge on any atom is -0.457 e. The highest BCUT2D eigenvalue weighted by atomic mass is 32.1. The number of nitrogens with one attached hydrogen (secondary N) is 1. The first kappa shape index (κ1) is 21.4. The molecule has 0 bridgehead atoms. The second-order valence-electron chi connectivity index (χ2n) is 8.14. The summed E-state index contributed by atoms with van der Waals surface area (Å²) in [5.41, 5.74) is 5.66. The second-order valence-corrected chi connectivity index (χ2v) is 10.1. The Morgan fingerprint density at radius 1 is 1.03 bits per heavy atom. The molecule has 0 aliphatic rings. The van der Waals surface area contributed by atoms with Crippen LogP contribution < -0.4 is 10.1 Å². The molecular weight excluding hydrogens is 448 g/mol. The molecule has 0 radical (unpaired) electrons. The van der Waals surface area contributed by atoms with E-state index in [4.69, 9.17) is 4.74 Å². The quantitative estimate of drug-likeness (QED) is 0.269. The first-order valence-corrected chi connectivity index (χ1v) is 12.4. The van der Waals surface area contributed by atoms with Crippen molar-refractivity contribution in [3.63, 3.8) is 0 Å². The van der Waals surface area contributed by atoms with E-state index in [9.17, 15) is 0 Å². The number of anilines is 2. The van der Waals surface area contributed by atoms with Crippen molar-refractivity contribution in [3.8, 4) is 23.3 Å². The molecule has 1 N–H and O–H groups in total. The first-order chi connectivity index (χ1) is 16.0. The van der Waals surface area contributed by atoms with E-state index >= 15 is 0 Å². The van der Waals surface area contributed by atoms with Gasteiger partial charge in [0, 0.05) is 18.2 Å². The number of fused-ring (bicyclic) bond motifs is 2. The maximum Gasteiger partial charge on any atom is 0.151 e. The maximum atomic E-state index is 6.12. The molecule has 0 saturated heterocycles. The molecule has 3 heterocycles. The molecule has 0 saturated carbocycles. The Labute approximate surface area is 200 Å². The zero-order valence-corrected chi connectivity index (χ0v) is 20.2. The molecule has 5 aromatic rings. The lowest BCUT2D eigenvalue weighted by atomic mass is 10.1. The third kappa shape index (κ3) is 4.82. The normalized spacial score (nSPS) is 11.0. The van der Waals surface area contributed by atoms with Crippen LogP contribution in [0.1, 0.15) is 30.7 Å². The molecule has 0 spiro atoms. The maximum absolute atomic E-state index is 6.12. The molecule has 7 heteroatoms. The zero-order chi connectivity index (χ0) is 22.8. The number of hydrogen-bond acceptors (Lipinski definition) is 7. The summed E-state index contributed by atoms with van der Waals surface area (Å²) >= 11 is 3.24. The molecule has 3 aromatic heterocycles. The van der Waals surface area contributed by atoms with Crippen LogP contribution in [0.15, 0.2) is 54.3 Å². The molecule has 0 aliphatic heterocycles. The van der Waals surface area contributed by atoms with E-state index < -0.39 is 0 Å². The number of nitrogens with zero attached hydrogens (tertiary/aromatic N) is 3. The lowest BCUT2D eigenvalue weighted by Crippen LogP contribution is -1.96. The summed E-state index contributed by atoms with van der Waals surface area (Å²) in [7, 11) is 0. The van der Waals surface area contributed by atoms with Gasteiger partial charge in [0.1, 0.15) is 17.8 Å². The lowest BCUT2D eigenvalue weighted by molar-refractivity contribution is 0.479. The standard InChI is InChI=1S/C26H22N4OS2/c1-16(2)5-4-6-20-13-22-25(33-20)26(28-14-27-22)30-18-7-9-23(17(3)11-18)31-19-8-10-24-21(12-19)29-15-32-24/h7-16H,5H2,1-3H3,(H,27,28,30). The van der Waals surface area contributed by atoms with Crippen molar-refractivity contribution >= 4 is 54.6 Å². The van der Waals surface area contributed by atoms with Crippen molar-refractivity contribution in [2.75, 3.05) is 5.32 Å². The van der Waals surface area contributed by atoms with Crippen molar-refractivity contribution in [2.45, 2.75) is 27.2 Å². The van der Waals surface area contributed by atoms with Crippen LogP contribution in [0.25, 0.3) is 20.4 Å². The number of hydrogen-bond donors (Lipinski definition) is 1. The lowest BCUT2D eigenvalue weighted by Gasteiger charge is -2.12. The molecule has 2 aromatic carbocycles. The van der Waals surface area contributed by atoms with Gasteiger partial charge in [-0.3, -0.25) is 0 Å². The molecular formula is C26H22N4OS2. The summed E-state index contributed by atoms with van der Waals surface area (Å²) in [5.74, 6) is 9.44. The number of aryl methyl sites for hydroxylation is 1. The van der Waals surface area contributed by atoms with E-state index in [0.29, 0.717) is 5.92 Å². The average molecular weight is 471 g/mol. The summed E-state index contributed by atoms with van der Waals surface area (Å²) in [6, 6.07) is 14.0. The van der Waals surface area contributed by atoms with E-state index in [1.54, 1.807) is 29.0 Å². The van der Waals surface area contributed by atoms with Crippen LogP contribution in [0.3, 0.4) is 0 Å². The van der Waals surface area contributed by atoms with Crippen molar-refractivity contribution < 1.29 is 4.74 Å². The average Bonchev–Trinajstić information content (AvgIpc) is 3.42. The first-order valence-electron chi connectivity index (χ1n) is 10.7. The van der Waals surface area contributed by atoms with Gasteiger partial charge in [-0.25, -0.2) is 15.0 Å². The van der Waals surface area contributed by atoms with Crippen LogP contribution in [0.4, 0.5) is 11.5 Å². The largest absolute Gasteiger partial charge is 0.457 e. The third-order valence-electron chi connectivity index (χ3n) is 5.00. The fraction of sp³-hybridized carbons (Fsp3) is 0.192. The summed E-state index contributed by atoms with van der Waals surface area (Å²) in [6.45, 7) is 6.38. The van der Waals surface area contributed by atoms with Crippen LogP contribution in [0, 0.1) is 24.7 Å². The molecule has 0 atom stereocenters. The third-order valence-corrected chi connectivity index (χ3v) is 6.86. The Hall–Kier alpha value is -3.47. The van der Waals surface area contributed by atoms with E-state index in [0.717, 1.165) is 60.3 Å². The van der Waals surface area contributed by atoms with Crippen LogP contribution in [-0.2, 0) is 0 Å². The summed E-state index contributed by atoms with van der Waals surface area (Å²) in [6.07, 6.45) is 2.47. The smallest absolute Gasteiger partial charge is 0.151 e. The molecule has 5 rings (SSSR count). The Bertz CT molecular complexity index is 1510. The van der Waals surface area contributed by atoms with Gasteiger partial charge in [-0.05, 0) is 54.8 Å². The Balaban J connectivity index is 1.36. The minimum atomic E-state index is 0.564. The van der Waals surface area contributed by atoms with E-state index in [1.165, 1.54) is 0 Å². The number of aromatic nitrogens is 3. The molecule has 0 unspecified atom stereocenters. The van der Waals surface area contributed by atoms with Crippen LogP contribution in [0.5, 0.6) is 11.5 Å². The molecule has 0 amide bonds. The number of rotatable bonds is 5. The molecule has 0 aliphatic carbocycles. The molecule has 0 fully saturated rings. The Morgan fingerprint density at radius 3 is 2.79 bits per heavy atom. The Kier molecular flexibility index (Phi) is 5.95. The molecule has 164 valence electrons. The summed E-state index contributed by atoms with van der Waals surface area (Å²) in [5, 5.41) is 3.43. The van der Waals surface area contributed by atoms with E-state index in [-0.39, 0.29) is 0 Å². The Morgan fingerprint density at radius 2 is 1.94 bits per heavy atom. The van der Waals surface area contributed by atoms with Gasteiger partial charge >= 0.3 is 0 Å². The number of benzene rings is 2. The number of ether oxygens (including phenoxy) is 1. The van der Waals surface area contributed by atoms with Crippen molar-refractivity contribution in [3.05, 3.63) is 64.7 Å². The topological polar surface area (TPSA) is 59.9 Å². The minimum absolute atomic E-state index is 0.564. The van der Waals surface area contributed by atoms with Crippen molar-refractivity contribution in [2.24, 2.45) is 5.92 Å². The monoisotopic (exact) mass is 470 g/mol. The van der Waals surface area contributed by atoms with Gasteiger partial charge in [-0.2, -0.15) is 0 Å². The van der Waals surface area contributed by atoms with Gasteiger partial charge in [0.15, 0.2) is 5.82 Å². The fourth-order valence-corrected chi connectivity index (χ4v) is 4.94. The van der Waals surface area contributed by atoms with Gasteiger partial charge < -0.3 is 10.1 Å². The predicted molar refractivity (Wildman–Crippen MR) is 138 cm³/mol. The summed E-state index contributed by atoms with van der Waals surface area (Å²) in [4.78, 5) is 14.3. The van der Waals surface area contributed by atoms with Gasteiger partial charge in [-0.1, -0.05) is 25.7 Å². The second kappa shape index (κ2) is 9.18. The number of thiophene rings is 1. The highest BCUT2D eigenvalue weighted by molar-refractivity contribution is 7.20. The summed E-state index contributed by atoms with van der Waals surface area (Å²) < 4.78 is 8.27. The SMILES string of the molecule is Cc1cc(Nc2ncnc3cc(C#CCC(C)C)sc23)ccc1Oc1ccc2scnc2c1. The number of thiazole rings is 1. The zero-order valence-electron chi connectivity index (χ0n) is 18.5. The van der Waals surface area contributed by atoms with E-state index in [1.807, 2.05) is 48.8 Å². The van der Waals surface area contributed by atoms with Crippen LogP contribution in [-0.4, -0.2) is 15.0 Å². The van der Waals surface area contributed by atoms with Gasteiger partial charge in [0.25, 0.3) is 0 Å². The highest BCUT2D eigenvalue weighted by Gasteiger charge is 2.10. The highest BCUT2D eigenvalue weighted by Crippen LogP contribution is 2.33. The van der Waals surface area contributed by atoms with Crippen LogP contribution >= 0.6 is 22.7 Å². The van der Waals surface area contributed by atoms with E-state index in [2.05, 4.69) is 52.0 Å². The van der Waals surface area contributed by atoms with Gasteiger partial charge in [0.05, 0.1) is 30.8 Å².